The molecule has 2 aromatic rings. The van der Waals surface area contributed by atoms with Crippen LogP contribution in [0.1, 0.15) is 5.56 Å². The van der Waals surface area contributed by atoms with Crippen LogP contribution in [0.15, 0.2) is 35.4 Å². The van der Waals surface area contributed by atoms with Crippen LogP contribution in [-0.4, -0.2) is 9.55 Å². The van der Waals surface area contributed by atoms with Crippen LogP contribution in [0.5, 0.6) is 0 Å². The van der Waals surface area contributed by atoms with Gasteiger partial charge in [0.2, 0.25) is 0 Å². The number of benzene rings is 1. The van der Waals surface area contributed by atoms with Gasteiger partial charge in [-0.1, -0.05) is 6.07 Å². The van der Waals surface area contributed by atoms with Gasteiger partial charge in [0, 0.05) is 16.0 Å². The second-order valence-electron chi connectivity index (χ2n) is 3.07. The van der Waals surface area contributed by atoms with E-state index in [0.717, 1.165) is 14.8 Å². The largest absolute Gasteiger partial charge is 0.330 e. The van der Waals surface area contributed by atoms with E-state index in [1.807, 2.05) is 25.1 Å². The van der Waals surface area contributed by atoms with E-state index in [1.165, 1.54) is 0 Å². The Kier molecular flexibility index (Phi) is 2.45. The standard InChI is InChI=1S/C10H9IN2O/c1-7-2-3-8(11)6-9(7)13-5-4-12-10(13)14/h2-6H,1H3,(H,12,14). The summed E-state index contributed by atoms with van der Waals surface area (Å²) in [7, 11) is 0. The summed E-state index contributed by atoms with van der Waals surface area (Å²) >= 11 is 2.23. The molecule has 0 atom stereocenters. The zero-order valence-corrected chi connectivity index (χ0v) is 9.78. The number of nitrogens with one attached hydrogen (secondary N) is 1. The number of nitrogens with zero attached hydrogens (tertiary/aromatic N) is 1. The van der Waals surface area contributed by atoms with Crippen LogP contribution in [0.4, 0.5) is 0 Å². The third kappa shape index (κ3) is 1.61. The topological polar surface area (TPSA) is 37.8 Å². The molecule has 1 aromatic carbocycles. The van der Waals surface area contributed by atoms with Crippen molar-refractivity contribution in [3.63, 3.8) is 0 Å². The molecule has 0 saturated heterocycles. The lowest BCUT2D eigenvalue weighted by molar-refractivity contribution is 0.974. The molecule has 2 rings (SSSR count). The molecule has 0 amide bonds. The molecule has 0 aliphatic rings. The second-order valence-corrected chi connectivity index (χ2v) is 4.31. The van der Waals surface area contributed by atoms with E-state index < -0.39 is 0 Å². The van der Waals surface area contributed by atoms with Gasteiger partial charge in [0.15, 0.2) is 0 Å². The van der Waals surface area contributed by atoms with Crippen LogP contribution in [-0.2, 0) is 0 Å². The van der Waals surface area contributed by atoms with Crippen LogP contribution in [0, 0.1) is 10.5 Å². The normalized spacial score (nSPS) is 10.4. The lowest BCUT2D eigenvalue weighted by atomic mass is 10.2. The highest BCUT2D eigenvalue weighted by Gasteiger charge is 2.03. The first-order valence-electron chi connectivity index (χ1n) is 4.21. The summed E-state index contributed by atoms with van der Waals surface area (Å²) < 4.78 is 2.73. The third-order valence-corrected chi connectivity index (χ3v) is 2.75. The first-order valence-corrected chi connectivity index (χ1v) is 5.29. The van der Waals surface area contributed by atoms with Crippen LogP contribution in [0.3, 0.4) is 0 Å². The van der Waals surface area contributed by atoms with Crippen LogP contribution in [0.25, 0.3) is 5.69 Å². The van der Waals surface area contributed by atoms with E-state index in [-0.39, 0.29) is 5.69 Å². The summed E-state index contributed by atoms with van der Waals surface area (Å²) in [6, 6.07) is 6.03. The van der Waals surface area contributed by atoms with Gasteiger partial charge >= 0.3 is 5.69 Å². The van der Waals surface area contributed by atoms with Gasteiger partial charge in [0.25, 0.3) is 0 Å². The third-order valence-electron chi connectivity index (χ3n) is 2.08. The summed E-state index contributed by atoms with van der Waals surface area (Å²) in [5.41, 5.74) is 1.92. The molecule has 14 heavy (non-hydrogen) atoms. The minimum absolute atomic E-state index is 0.102. The number of aromatic nitrogens is 2. The molecule has 0 aliphatic heterocycles. The zero-order chi connectivity index (χ0) is 10.1. The molecule has 3 nitrogen and oxygen atoms in total. The van der Waals surface area contributed by atoms with E-state index in [4.69, 9.17) is 0 Å². The average Bonchev–Trinajstić information content (AvgIpc) is 2.56. The maximum atomic E-state index is 11.4. The predicted molar refractivity (Wildman–Crippen MR) is 63.8 cm³/mol. The van der Waals surface area contributed by atoms with Gasteiger partial charge in [-0.2, -0.15) is 0 Å². The van der Waals surface area contributed by atoms with Gasteiger partial charge in [-0.25, -0.2) is 4.79 Å². The number of H-pyrrole nitrogens is 1. The highest BCUT2D eigenvalue weighted by Crippen LogP contribution is 2.15. The Morgan fingerprint density at radius 1 is 1.43 bits per heavy atom. The minimum Gasteiger partial charge on any atom is -0.312 e. The maximum absolute atomic E-state index is 11.4. The Balaban J connectivity index is 2.68. The number of halogens is 1. The Bertz CT molecular complexity index is 513. The van der Waals surface area contributed by atoms with Gasteiger partial charge in [-0.15, -0.1) is 0 Å². The average molecular weight is 300 g/mol. The molecule has 0 aliphatic carbocycles. The molecule has 0 radical (unpaired) electrons. The van der Waals surface area contributed by atoms with Crippen molar-refractivity contribution in [2.24, 2.45) is 0 Å². The first kappa shape index (κ1) is 9.51. The van der Waals surface area contributed by atoms with Crippen molar-refractivity contribution in [1.29, 1.82) is 0 Å². The van der Waals surface area contributed by atoms with Crippen molar-refractivity contribution < 1.29 is 0 Å². The molecular formula is C10H9IN2O. The van der Waals surface area contributed by atoms with Crippen LogP contribution < -0.4 is 5.69 Å². The lowest BCUT2D eigenvalue weighted by Gasteiger charge is -2.05. The van der Waals surface area contributed by atoms with Crippen molar-refractivity contribution >= 4 is 22.6 Å². The van der Waals surface area contributed by atoms with E-state index >= 15 is 0 Å². The number of rotatable bonds is 1. The van der Waals surface area contributed by atoms with Crippen molar-refractivity contribution in [2.75, 3.05) is 0 Å². The molecule has 0 saturated carbocycles. The summed E-state index contributed by atoms with van der Waals surface area (Å²) in [6.45, 7) is 1.99. The van der Waals surface area contributed by atoms with Gasteiger partial charge in [0.1, 0.15) is 0 Å². The van der Waals surface area contributed by atoms with Crippen molar-refractivity contribution in [2.45, 2.75) is 6.92 Å². The molecule has 4 heteroatoms. The first-order chi connectivity index (χ1) is 6.68. The summed E-state index contributed by atoms with van der Waals surface area (Å²) in [5.74, 6) is 0. The second kappa shape index (κ2) is 3.61. The summed E-state index contributed by atoms with van der Waals surface area (Å²) in [5, 5.41) is 0. The van der Waals surface area contributed by atoms with E-state index in [9.17, 15) is 4.79 Å². The predicted octanol–water partition coefficient (Wildman–Crippen LogP) is 2.08. The Morgan fingerprint density at radius 3 is 2.86 bits per heavy atom. The highest BCUT2D eigenvalue weighted by atomic mass is 127. The van der Waals surface area contributed by atoms with Crippen LogP contribution in [0.2, 0.25) is 0 Å². The summed E-state index contributed by atoms with van der Waals surface area (Å²) in [4.78, 5) is 14.0. The molecule has 1 aromatic heterocycles. The summed E-state index contributed by atoms with van der Waals surface area (Å²) in [6.07, 6.45) is 3.38. The van der Waals surface area contributed by atoms with Gasteiger partial charge in [-0.05, 0) is 47.2 Å². The highest BCUT2D eigenvalue weighted by molar-refractivity contribution is 14.1. The van der Waals surface area contributed by atoms with Crippen molar-refractivity contribution in [3.05, 3.63) is 50.2 Å². The van der Waals surface area contributed by atoms with Gasteiger partial charge in [-0.3, -0.25) is 4.57 Å². The monoisotopic (exact) mass is 300 g/mol. The molecule has 72 valence electrons. The fraction of sp³-hybridized carbons (Fsp3) is 0.100. The fourth-order valence-corrected chi connectivity index (χ4v) is 1.83. The SMILES string of the molecule is Cc1ccc(I)cc1-n1cc[nH]c1=O. The number of aromatic amines is 1. The molecule has 0 bridgehead atoms. The van der Waals surface area contributed by atoms with Crippen molar-refractivity contribution in [1.82, 2.24) is 9.55 Å². The van der Waals surface area contributed by atoms with E-state index in [0.29, 0.717) is 0 Å². The molecule has 1 heterocycles. The Labute approximate surface area is 94.9 Å². The molecule has 0 fully saturated rings. The smallest absolute Gasteiger partial charge is 0.312 e. The number of imidazole rings is 1. The maximum Gasteiger partial charge on any atom is 0.330 e. The van der Waals surface area contributed by atoms with Gasteiger partial charge in [0.05, 0.1) is 5.69 Å². The van der Waals surface area contributed by atoms with E-state index in [1.54, 1.807) is 17.0 Å². The van der Waals surface area contributed by atoms with Crippen molar-refractivity contribution in [3.8, 4) is 5.69 Å². The number of aryl methyl sites for hydroxylation is 1. The molecule has 0 spiro atoms. The molecule has 0 unspecified atom stereocenters. The minimum atomic E-state index is -0.102. The number of hydrogen-bond acceptors (Lipinski definition) is 1. The fourth-order valence-electron chi connectivity index (χ4n) is 1.35. The molecule has 1 N–H and O–H groups in total. The quantitative estimate of drug-likeness (QED) is 0.805. The lowest BCUT2D eigenvalue weighted by Crippen LogP contribution is -2.15. The Hall–Kier alpha value is -1.04. The Morgan fingerprint density at radius 2 is 2.21 bits per heavy atom. The number of hydrogen-bond donors (Lipinski definition) is 1. The van der Waals surface area contributed by atoms with Gasteiger partial charge < -0.3 is 4.98 Å². The van der Waals surface area contributed by atoms with E-state index in [2.05, 4.69) is 27.6 Å². The van der Waals surface area contributed by atoms with Crippen LogP contribution >= 0.6 is 22.6 Å². The zero-order valence-electron chi connectivity index (χ0n) is 7.62. The molecular weight excluding hydrogens is 291 g/mol.